The molecule has 1 fully saturated rings. The highest BCUT2D eigenvalue weighted by molar-refractivity contribution is 7.99. The summed E-state index contributed by atoms with van der Waals surface area (Å²) in [6, 6.07) is 5.69. The van der Waals surface area contributed by atoms with Gasteiger partial charge in [-0.2, -0.15) is 5.26 Å². The molecule has 1 aliphatic rings. The van der Waals surface area contributed by atoms with Crippen LogP contribution in [0, 0.1) is 17.2 Å². The van der Waals surface area contributed by atoms with Gasteiger partial charge in [0.1, 0.15) is 11.8 Å². The van der Waals surface area contributed by atoms with Crippen LogP contribution in [0.3, 0.4) is 0 Å². The van der Waals surface area contributed by atoms with Crippen LogP contribution in [0.4, 0.5) is 0 Å². The number of pyridine rings is 1. The maximum absolute atomic E-state index is 8.56. The first-order valence-electron chi connectivity index (χ1n) is 4.45. The van der Waals surface area contributed by atoms with E-state index in [2.05, 4.69) is 4.98 Å². The second-order valence-electron chi connectivity index (χ2n) is 3.21. The number of hydrogen-bond acceptors (Lipinski definition) is 4. The van der Waals surface area contributed by atoms with Gasteiger partial charge in [0.15, 0.2) is 0 Å². The van der Waals surface area contributed by atoms with Crippen molar-refractivity contribution in [1.82, 2.24) is 4.98 Å². The third-order valence-electron chi connectivity index (χ3n) is 2.04. The molecule has 2 rings (SSSR count). The van der Waals surface area contributed by atoms with Crippen LogP contribution in [-0.2, 0) is 4.74 Å². The van der Waals surface area contributed by atoms with E-state index in [1.165, 1.54) is 0 Å². The predicted molar refractivity (Wildman–Crippen MR) is 54.0 cm³/mol. The normalized spacial score (nSPS) is 15.9. The summed E-state index contributed by atoms with van der Waals surface area (Å²) >= 11 is 1.77. The SMILES string of the molecule is N#Cc1ccc(SCC2COC2)cn1. The third kappa shape index (κ3) is 2.25. The van der Waals surface area contributed by atoms with E-state index in [0.29, 0.717) is 11.6 Å². The van der Waals surface area contributed by atoms with Crippen LogP contribution >= 0.6 is 11.8 Å². The second-order valence-corrected chi connectivity index (χ2v) is 4.30. The lowest BCUT2D eigenvalue weighted by Crippen LogP contribution is -2.29. The van der Waals surface area contributed by atoms with Gasteiger partial charge in [-0.05, 0) is 12.1 Å². The summed E-state index contributed by atoms with van der Waals surface area (Å²) in [5.41, 5.74) is 0.473. The lowest BCUT2D eigenvalue weighted by molar-refractivity contribution is -0.0196. The molecule has 0 radical (unpaired) electrons. The van der Waals surface area contributed by atoms with Crippen LogP contribution in [0.5, 0.6) is 0 Å². The first-order valence-corrected chi connectivity index (χ1v) is 5.44. The number of rotatable bonds is 3. The first-order chi connectivity index (χ1) is 6.88. The molecule has 0 bridgehead atoms. The van der Waals surface area contributed by atoms with Crippen molar-refractivity contribution in [3.63, 3.8) is 0 Å². The van der Waals surface area contributed by atoms with Gasteiger partial charge in [-0.25, -0.2) is 4.98 Å². The molecule has 1 saturated heterocycles. The fourth-order valence-electron chi connectivity index (χ4n) is 1.13. The number of nitriles is 1. The molecule has 1 aliphatic heterocycles. The molecule has 72 valence electrons. The lowest BCUT2D eigenvalue weighted by Gasteiger charge is -2.25. The van der Waals surface area contributed by atoms with Crippen molar-refractivity contribution in [1.29, 1.82) is 5.26 Å². The molecule has 0 N–H and O–H groups in total. The van der Waals surface area contributed by atoms with Crippen molar-refractivity contribution in [3.8, 4) is 6.07 Å². The Morgan fingerprint density at radius 1 is 1.57 bits per heavy atom. The summed E-state index contributed by atoms with van der Waals surface area (Å²) in [5.74, 6) is 1.77. The largest absolute Gasteiger partial charge is 0.381 e. The minimum absolute atomic E-state index is 0.473. The first kappa shape index (κ1) is 9.50. The van der Waals surface area contributed by atoms with Gasteiger partial charge in [0.25, 0.3) is 0 Å². The minimum Gasteiger partial charge on any atom is -0.381 e. The highest BCUT2D eigenvalue weighted by atomic mass is 32.2. The molecule has 1 aromatic rings. The average Bonchev–Trinajstić information content (AvgIpc) is 2.16. The van der Waals surface area contributed by atoms with Crippen LogP contribution in [0.1, 0.15) is 5.69 Å². The minimum atomic E-state index is 0.473. The summed E-state index contributed by atoms with van der Waals surface area (Å²) in [6.07, 6.45) is 1.75. The van der Waals surface area contributed by atoms with Crippen molar-refractivity contribution in [2.24, 2.45) is 5.92 Å². The Morgan fingerprint density at radius 2 is 2.43 bits per heavy atom. The van der Waals surface area contributed by atoms with Gasteiger partial charge in [-0.15, -0.1) is 11.8 Å². The number of nitrogens with zero attached hydrogens (tertiary/aromatic N) is 2. The van der Waals surface area contributed by atoms with Crippen molar-refractivity contribution in [2.45, 2.75) is 4.90 Å². The topological polar surface area (TPSA) is 45.9 Å². The molecular weight excluding hydrogens is 196 g/mol. The molecule has 0 atom stereocenters. The quantitative estimate of drug-likeness (QED) is 0.706. The number of aromatic nitrogens is 1. The van der Waals surface area contributed by atoms with E-state index in [1.54, 1.807) is 24.0 Å². The van der Waals surface area contributed by atoms with E-state index in [-0.39, 0.29) is 0 Å². The smallest absolute Gasteiger partial charge is 0.140 e. The van der Waals surface area contributed by atoms with Crippen LogP contribution in [-0.4, -0.2) is 24.0 Å². The Bertz CT molecular complexity index is 340. The van der Waals surface area contributed by atoms with Crippen LogP contribution in [0.15, 0.2) is 23.2 Å². The maximum Gasteiger partial charge on any atom is 0.140 e. The summed E-state index contributed by atoms with van der Waals surface area (Å²) in [7, 11) is 0. The monoisotopic (exact) mass is 206 g/mol. The lowest BCUT2D eigenvalue weighted by atomic mass is 10.1. The van der Waals surface area contributed by atoms with Crippen molar-refractivity contribution in [2.75, 3.05) is 19.0 Å². The van der Waals surface area contributed by atoms with Gasteiger partial charge in [-0.3, -0.25) is 0 Å². The van der Waals surface area contributed by atoms with Gasteiger partial charge >= 0.3 is 0 Å². The molecule has 0 aromatic carbocycles. The van der Waals surface area contributed by atoms with Crippen LogP contribution in [0.2, 0.25) is 0 Å². The summed E-state index contributed by atoms with van der Waals surface area (Å²) in [4.78, 5) is 5.13. The Kier molecular flexibility index (Phi) is 3.02. The predicted octanol–water partition coefficient (Wildman–Crippen LogP) is 1.69. The van der Waals surface area contributed by atoms with Gasteiger partial charge in [-0.1, -0.05) is 0 Å². The fourth-order valence-corrected chi connectivity index (χ4v) is 2.04. The van der Waals surface area contributed by atoms with Crippen LogP contribution in [0.25, 0.3) is 0 Å². The van der Waals surface area contributed by atoms with Crippen molar-refractivity contribution < 1.29 is 4.74 Å². The standard InChI is InChI=1S/C10H10N2OS/c11-3-9-1-2-10(4-12-9)14-7-8-5-13-6-8/h1-2,4,8H,5-7H2. The highest BCUT2D eigenvalue weighted by Crippen LogP contribution is 2.23. The number of thioether (sulfide) groups is 1. The Morgan fingerprint density at radius 3 is 2.93 bits per heavy atom. The van der Waals surface area contributed by atoms with Gasteiger partial charge in [0, 0.05) is 22.8 Å². The van der Waals surface area contributed by atoms with E-state index in [1.807, 2.05) is 12.1 Å². The van der Waals surface area contributed by atoms with E-state index >= 15 is 0 Å². The molecule has 0 saturated carbocycles. The number of hydrogen-bond donors (Lipinski definition) is 0. The molecule has 0 spiro atoms. The molecule has 14 heavy (non-hydrogen) atoms. The molecule has 2 heterocycles. The Labute approximate surface area is 87.1 Å². The second kappa shape index (κ2) is 4.45. The molecule has 0 unspecified atom stereocenters. The molecule has 0 aliphatic carbocycles. The van der Waals surface area contributed by atoms with E-state index in [9.17, 15) is 0 Å². The van der Waals surface area contributed by atoms with E-state index < -0.39 is 0 Å². The molecule has 1 aromatic heterocycles. The molecular formula is C10H10N2OS. The highest BCUT2D eigenvalue weighted by Gasteiger charge is 2.18. The molecule has 4 heteroatoms. The van der Waals surface area contributed by atoms with E-state index in [4.69, 9.17) is 10.00 Å². The van der Waals surface area contributed by atoms with Gasteiger partial charge < -0.3 is 4.74 Å². The third-order valence-corrected chi connectivity index (χ3v) is 3.26. The van der Waals surface area contributed by atoms with Gasteiger partial charge in [0.05, 0.1) is 13.2 Å². The maximum atomic E-state index is 8.56. The Hall–Kier alpha value is -1.05. The molecule has 0 amide bonds. The average molecular weight is 206 g/mol. The van der Waals surface area contributed by atoms with Crippen molar-refractivity contribution >= 4 is 11.8 Å². The summed E-state index contributed by atoms with van der Waals surface area (Å²) < 4.78 is 5.09. The van der Waals surface area contributed by atoms with Gasteiger partial charge in [0.2, 0.25) is 0 Å². The van der Waals surface area contributed by atoms with E-state index in [0.717, 1.165) is 23.9 Å². The zero-order chi connectivity index (χ0) is 9.80. The number of ether oxygens (including phenoxy) is 1. The van der Waals surface area contributed by atoms with Crippen molar-refractivity contribution in [3.05, 3.63) is 24.0 Å². The zero-order valence-corrected chi connectivity index (χ0v) is 8.46. The Balaban J connectivity index is 1.86. The summed E-state index contributed by atoms with van der Waals surface area (Å²) in [5, 5.41) is 8.56. The fraction of sp³-hybridized carbons (Fsp3) is 0.400. The van der Waals surface area contributed by atoms with Crippen LogP contribution < -0.4 is 0 Å². The summed E-state index contributed by atoms with van der Waals surface area (Å²) in [6.45, 7) is 1.77. The zero-order valence-electron chi connectivity index (χ0n) is 7.64. The molecule has 3 nitrogen and oxygen atoms in total.